The highest BCUT2D eigenvalue weighted by atomic mass is 35.5. The van der Waals surface area contributed by atoms with E-state index in [4.69, 9.17) is 21.4 Å². The molecule has 11 heteroatoms. The van der Waals surface area contributed by atoms with Crippen molar-refractivity contribution in [3.05, 3.63) is 56.8 Å². The Bertz CT molecular complexity index is 838. The van der Waals surface area contributed by atoms with E-state index in [1.165, 1.54) is 0 Å². The molecule has 0 fully saturated rings. The van der Waals surface area contributed by atoms with Gasteiger partial charge >= 0.3 is 6.18 Å². The molecule has 0 aromatic heterocycles. The fraction of sp³-hybridized carbons (Fsp3) is 0.250. The van der Waals surface area contributed by atoms with Gasteiger partial charge in [0.25, 0.3) is 5.69 Å². The first-order valence-corrected chi connectivity index (χ1v) is 7.80. The van der Waals surface area contributed by atoms with Crippen LogP contribution in [0.1, 0.15) is 12.5 Å². The molecule has 0 heterocycles. The van der Waals surface area contributed by atoms with E-state index in [-0.39, 0.29) is 29.8 Å². The lowest BCUT2D eigenvalue weighted by molar-refractivity contribution is -0.384. The molecule has 27 heavy (non-hydrogen) atoms. The molecule has 0 bridgehead atoms. The first-order valence-electron chi connectivity index (χ1n) is 7.43. The standard InChI is InChI=1S/C16H13ClF4N2O4/c1-8(7-24)22-13-6-10(2-3-14(13)23(25)26)27-15-11(17)4-9(5-12(15)18)16(19,20)21/h2-6,8,22,24H,7H2,1H3. The molecule has 0 radical (unpaired) electrons. The van der Waals surface area contributed by atoms with Crippen molar-refractivity contribution in [2.45, 2.75) is 19.1 Å². The van der Waals surface area contributed by atoms with E-state index in [1.54, 1.807) is 6.92 Å². The molecule has 6 nitrogen and oxygen atoms in total. The zero-order chi connectivity index (χ0) is 20.4. The highest BCUT2D eigenvalue weighted by molar-refractivity contribution is 6.32. The van der Waals surface area contributed by atoms with Gasteiger partial charge in [0.1, 0.15) is 11.4 Å². The predicted octanol–water partition coefficient (Wildman–Crippen LogP) is 4.99. The minimum Gasteiger partial charge on any atom is -0.453 e. The van der Waals surface area contributed by atoms with Gasteiger partial charge in [-0.1, -0.05) is 11.6 Å². The summed E-state index contributed by atoms with van der Waals surface area (Å²) in [5, 5.41) is 22.2. The maximum Gasteiger partial charge on any atom is 0.416 e. The van der Waals surface area contributed by atoms with E-state index in [9.17, 15) is 27.7 Å². The monoisotopic (exact) mass is 408 g/mol. The van der Waals surface area contributed by atoms with Crippen molar-refractivity contribution in [1.29, 1.82) is 0 Å². The topological polar surface area (TPSA) is 84.6 Å². The number of hydrogen-bond acceptors (Lipinski definition) is 5. The fourth-order valence-corrected chi connectivity index (χ4v) is 2.35. The summed E-state index contributed by atoms with van der Waals surface area (Å²) in [6.45, 7) is 1.24. The number of alkyl halides is 3. The Labute approximate surface area is 155 Å². The summed E-state index contributed by atoms with van der Waals surface area (Å²) in [4.78, 5) is 10.4. The smallest absolute Gasteiger partial charge is 0.416 e. The van der Waals surface area contributed by atoms with Crippen molar-refractivity contribution in [3.63, 3.8) is 0 Å². The van der Waals surface area contributed by atoms with Crippen LogP contribution in [-0.2, 0) is 6.18 Å². The highest BCUT2D eigenvalue weighted by Crippen LogP contribution is 2.39. The largest absolute Gasteiger partial charge is 0.453 e. The van der Waals surface area contributed by atoms with Gasteiger partial charge < -0.3 is 15.2 Å². The number of anilines is 1. The molecule has 0 aliphatic heterocycles. The molecule has 2 rings (SSSR count). The van der Waals surface area contributed by atoms with Gasteiger partial charge in [0.15, 0.2) is 11.6 Å². The number of aliphatic hydroxyl groups is 1. The summed E-state index contributed by atoms with van der Waals surface area (Å²) in [5.41, 5.74) is -1.63. The van der Waals surface area contributed by atoms with E-state index in [0.29, 0.717) is 6.07 Å². The number of hydrogen-bond donors (Lipinski definition) is 2. The summed E-state index contributed by atoms with van der Waals surface area (Å²) in [6.07, 6.45) is -4.78. The van der Waals surface area contributed by atoms with Gasteiger partial charge in [-0.3, -0.25) is 10.1 Å². The molecular formula is C16H13ClF4N2O4. The number of benzene rings is 2. The minimum atomic E-state index is -4.78. The van der Waals surface area contributed by atoms with Crippen molar-refractivity contribution >= 4 is 23.0 Å². The second kappa shape index (κ2) is 7.97. The van der Waals surface area contributed by atoms with Crippen LogP contribution in [0.2, 0.25) is 5.02 Å². The Balaban J connectivity index is 2.40. The Morgan fingerprint density at radius 3 is 2.52 bits per heavy atom. The molecule has 0 spiro atoms. The van der Waals surface area contributed by atoms with Crippen molar-refractivity contribution in [3.8, 4) is 11.5 Å². The highest BCUT2D eigenvalue weighted by Gasteiger charge is 2.32. The van der Waals surface area contributed by atoms with Crippen LogP contribution in [0.25, 0.3) is 0 Å². The summed E-state index contributed by atoms with van der Waals surface area (Å²) < 4.78 is 57.3. The van der Waals surface area contributed by atoms with Crippen molar-refractivity contribution in [1.82, 2.24) is 0 Å². The lowest BCUT2D eigenvalue weighted by Gasteiger charge is -2.15. The van der Waals surface area contributed by atoms with E-state index < -0.39 is 39.3 Å². The lowest BCUT2D eigenvalue weighted by Crippen LogP contribution is -2.19. The molecule has 0 saturated carbocycles. The number of nitrogens with one attached hydrogen (secondary N) is 1. The summed E-state index contributed by atoms with van der Waals surface area (Å²) in [5.74, 6) is -2.10. The van der Waals surface area contributed by atoms with Gasteiger partial charge in [0.05, 0.1) is 22.1 Å². The number of rotatable bonds is 6. The van der Waals surface area contributed by atoms with Gasteiger partial charge in [-0.15, -0.1) is 0 Å². The zero-order valence-corrected chi connectivity index (χ0v) is 14.4. The van der Waals surface area contributed by atoms with Gasteiger partial charge in [-0.25, -0.2) is 4.39 Å². The number of aliphatic hydroxyl groups excluding tert-OH is 1. The Hall–Kier alpha value is -2.59. The molecule has 0 aliphatic carbocycles. The predicted molar refractivity (Wildman–Crippen MR) is 89.8 cm³/mol. The third kappa shape index (κ3) is 4.98. The van der Waals surface area contributed by atoms with Crippen LogP contribution in [0.3, 0.4) is 0 Å². The quantitative estimate of drug-likeness (QED) is 0.399. The fourth-order valence-electron chi connectivity index (χ4n) is 2.10. The molecule has 1 atom stereocenters. The van der Waals surface area contributed by atoms with Crippen LogP contribution in [0.4, 0.5) is 28.9 Å². The average Bonchev–Trinajstić information content (AvgIpc) is 2.56. The Morgan fingerprint density at radius 1 is 1.33 bits per heavy atom. The van der Waals surface area contributed by atoms with Crippen molar-refractivity contribution in [2.75, 3.05) is 11.9 Å². The third-order valence-electron chi connectivity index (χ3n) is 3.39. The van der Waals surface area contributed by atoms with Gasteiger partial charge in [-0.2, -0.15) is 13.2 Å². The molecule has 2 aromatic rings. The van der Waals surface area contributed by atoms with Crippen molar-refractivity contribution < 1.29 is 32.3 Å². The zero-order valence-electron chi connectivity index (χ0n) is 13.7. The van der Waals surface area contributed by atoms with Crippen LogP contribution in [0.15, 0.2) is 30.3 Å². The minimum absolute atomic E-state index is 0.0255. The maximum absolute atomic E-state index is 14.0. The normalized spacial score (nSPS) is 12.6. The SMILES string of the molecule is CC(CO)Nc1cc(Oc2c(F)cc(C(F)(F)F)cc2Cl)ccc1[N+](=O)[O-]. The second-order valence-corrected chi connectivity index (χ2v) is 5.94. The summed E-state index contributed by atoms with van der Waals surface area (Å²) >= 11 is 5.70. The molecule has 1 unspecified atom stereocenters. The van der Waals surface area contributed by atoms with E-state index in [1.807, 2.05) is 0 Å². The number of nitrogens with zero attached hydrogens (tertiary/aromatic N) is 1. The lowest BCUT2D eigenvalue weighted by atomic mass is 10.2. The Morgan fingerprint density at radius 2 is 2.00 bits per heavy atom. The molecule has 0 aliphatic rings. The Kier molecular flexibility index (Phi) is 6.11. The molecule has 0 saturated heterocycles. The number of halogens is 5. The summed E-state index contributed by atoms with van der Waals surface area (Å²) in [6, 6.07) is 3.57. The molecule has 0 amide bonds. The first-order chi connectivity index (χ1) is 12.5. The van der Waals surface area contributed by atoms with E-state index in [2.05, 4.69) is 5.32 Å². The number of nitro benzene ring substituents is 1. The van der Waals surface area contributed by atoms with E-state index in [0.717, 1.165) is 18.2 Å². The van der Waals surface area contributed by atoms with Gasteiger partial charge in [0.2, 0.25) is 0 Å². The third-order valence-corrected chi connectivity index (χ3v) is 3.67. The van der Waals surface area contributed by atoms with Crippen LogP contribution < -0.4 is 10.1 Å². The molecule has 2 aromatic carbocycles. The number of ether oxygens (including phenoxy) is 1. The second-order valence-electron chi connectivity index (χ2n) is 5.53. The first kappa shape index (κ1) is 20.7. The number of nitro groups is 1. The van der Waals surface area contributed by atoms with Crippen LogP contribution in [-0.4, -0.2) is 22.7 Å². The van der Waals surface area contributed by atoms with Crippen molar-refractivity contribution in [2.24, 2.45) is 0 Å². The van der Waals surface area contributed by atoms with E-state index >= 15 is 0 Å². The molecular weight excluding hydrogens is 396 g/mol. The summed E-state index contributed by atoms with van der Waals surface area (Å²) in [7, 11) is 0. The average molecular weight is 409 g/mol. The van der Waals surface area contributed by atoms with Gasteiger partial charge in [-0.05, 0) is 25.1 Å². The molecule has 146 valence electrons. The van der Waals surface area contributed by atoms with Crippen LogP contribution >= 0.6 is 11.6 Å². The molecule has 2 N–H and O–H groups in total. The maximum atomic E-state index is 14.0. The van der Waals surface area contributed by atoms with Crippen LogP contribution in [0.5, 0.6) is 11.5 Å². The van der Waals surface area contributed by atoms with Gasteiger partial charge in [0, 0.05) is 18.2 Å². The van der Waals surface area contributed by atoms with Crippen LogP contribution in [0, 0.1) is 15.9 Å².